The molecule has 356 valence electrons. The Hall–Kier alpha value is -6.16. The molecule has 0 saturated carbocycles. The summed E-state index contributed by atoms with van der Waals surface area (Å²) in [5.41, 5.74) is 8.36. The standard InChI is InChI=1S/C51H65N9O7/c1-29(2)44(57-51(64)65-6)48(61)58-23-7-9-42(58)46-53-36-17-13-33(27-38(36)55-46)40-19-20-41(60(40)35-15-11-31(12-16-35)32-21-25-66-26-22-32)34-14-18-37-39(28-34)56-47(54-37)43-10-8-24-59(43)49(62)45(30(3)4)67-50(63)52-5/h11-18,27-30,32,40-45H,7-10,19-26H2,1-6H3,(H,52,63)(H,53,55)(H,54,56)(H,57,64)/t40-,41-,42+,43+,44+,45+/m1/s1. The monoisotopic (exact) mass is 916 g/mol. The van der Waals surface area contributed by atoms with Crippen LogP contribution in [0.25, 0.3) is 22.1 Å². The number of ether oxygens (including phenoxy) is 3. The number of likely N-dealkylation sites (tertiary alicyclic amines) is 2. The number of imidazole rings is 2. The Morgan fingerprint density at radius 2 is 1.21 bits per heavy atom. The van der Waals surface area contributed by atoms with E-state index in [9.17, 15) is 19.2 Å². The number of nitrogens with zero attached hydrogens (tertiary/aromatic N) is 5. The molecule has 0 spiro atoms. The third kappa shape index (κ3) is 9.28. The minimum absolute atomic E-state index is 0.0619. The van der Waals surface area contributed by atoms with Gasteiger partial charge in [0.1, 0.15) is 17.7 Å². The molecule has 5 aromatic rings. The number of hydrogen-bond acceptors (Lipinski definition) is 10. The summed E-state index contributed by atoms with van der Waals surface area (Å²) in [7, 11) is 2.79. The molecule has 3 aromatic carbocycles. The summed E-state index contributed by atoms with van der Waals surface area (Å²) in [5, 5.41) is 5.22. The Kier molecular flexibility index (Phi) is 13.4. The fraction of sp³-hybridized carbons (Fsp3) is 0.529. The lowest BCUT2D eigenvalue weighted by Crippen LogP contribution is -2.51. The second-order valence-electron chi connectivity index (χ2n) is 19.3. The fourth-order valence-corrected chi connectivity index (χ4v) is 10.9. The van der Waals surface area contributed by atoms with Gasteiger partial charge in [0.15, 0.2) is 6.10 Å². The smallest absolute Gasteiger partial charge is 0.407 e. The van der Waals surface area contributed by atoms with Crippen LogP contribution in [-0.2, 0) is 23.8 Å². The minimum atomic E-state index is -0.895. The van der Waals surface area contributed by atoms with Crippen molar-refractivity contribution >= 4 is 51.8 Å². The molecule has 0 unspecified atom stereocenters. The molecule has 16 heteroatoms. The van der Waals surface area contributed by atoms with Gasteiger partial charge in [-0.15, -0.1) is 0 Å². The van der Waals surface area contributed by atoms with E-state index in [-0.39, 0.29) is 47.8 Å². The second-order valence-corrected chi connectivity index (χ2v) is 19.3. The summed E-state index contributed by atoms with van der Waals surface area (Å²) in [6, 6.07) is 21.1. The lowest BCUT2D eigenvalue weighted by atomic mass is 9.91. The number of amides is 4. The number of aromatic nitrogens is 4. The van der Waals surface area contributed by atoms with Crippen molar-refractivity contribution in [3.8, 4) is 0 Å². The van der Waals surface area contributed by atoms with Crippen molar-refractivity contribution in [2.45, 2.75) is 121 Å². The van der Waals surface area contributed by atoms with Crippen molar-refractivity contribution in [1.29, 1.82) is 0 Å². The van der Waals surface area contributed by atoms with Gasteiger partial charge in [-0.3, -0.25) is 9.59 Å². The molecule has 4 saturated heterocycles. The average Bonchev–Trinajstić information content (AvgIpc) is 4.20. The minimum Gasteiger partial charge on any atom is -0.453 e. The van der Waals surface area contributed by atoms with Gasteiger partial charge >= 0.3 is 12.2 Å². The number of carbonyl (C=O) groups excluding carboxylic acids is 4. The molecule has 4 aliphatic heterocycles. The van der Waals surface area contributed by atoms with Crippen LogP contribution in [0, 0.1) is 11.8 Å². The predicted molar refractivity (Wildman–Crippen MR) is 254 cm³/mol. The van der Waals surface area contributed by atoms with Gasteiger partial charge in [0, 0.05) is 39.0 Å². The van der Waals surface area contributed by atoms with E-state index in [1.807, 2.05) is 37.5 Å². The summed E-state index contributed by atoms with van der Waals surface area (Å²) in [4.78, 5) is 75.7. The van der Waals surface area contributed by atoms with Crippen molar-refractivity contribution in [3.05, 3.63) is 89.0 Å². The van der Waals surface area contributed by atoms with Gasteiger partial charge in [0.25, 0.3) is 5.91 Å². The molecule has 6 heterocycles. The number of nitrogens with one attached hydrogen (secondary N) is 4. The highest BCUT2D eigenvalue weighted by Gasteiger charge is 2.41. The first-order valence-corrected chi connectivity index (χ1v) is 24.2. The average molecular weight is 916 g/mol. The van der Waals surface area contributed by atoms with Crippen molar-refractivity contribution < 1.29 is 33.4 Å². The number of anilines is 1. The zero-order chi connectivity index (χ0) is 46.9. The van der Waals surface area contributed by atoms with Crippen molar-refractivity contribution in [3.63, 3.8) is 0 Å². The van der Waals surface area contributed by atoms with Gasteiger partial charge in [0.2, 0.25) is 5.91 Å². The lowest BCUT2D eigenvalue weighted by molar-refractivity contribution is -0.143. The summed E-state index contributed by atoms with van der Waals surface area (Å²) in [6.07, 6.45) is 4.96. The Balaban J connectivity index is 1.01. The molecule has 16 nitrogen and oxygen atoms in total. The summed E-state index contributed by atoms with van der Waals surface area (Å²) < 4.78 is 16.1. The molecule has 9 rings (SSSR count). The number of benzene rings is 3. The molecule has 2 aromatic heterocycles. The number of fused-ring (bicyclic) bond motifs is 2. The molecule has 4 fully saturated rings. The van der Waals surface area contributed by atoms with Crippen LogP contribution in [0.15, 0.2) is 60.7 Å². The highest BCUT2D eigenvalue weighted by molar-refractivity contribution is 5.87. The van der Waals surface area contributed by atoms with Gasteiger partial charge in [-0.1, -0.05) is 52.0 Å². The molecule has 4 amide bonds. The van der Waals surface area contributed by atoms with E-state index in [0.29, 0.717) is 19.0 Å². The Bertz CT molecular complexity index is 2440. The number of rotatable bonds is 12. The second kappa shape index (κ2) is 19.6. The molecule has 0 radical (unpaired) electrons. The molecule has 0 aliphatic carbocycles. The van der Waals surface area contributed by atoms with Crippen LogP contribution in [-0.4, -0.2) is 106 Å². The van der Waals surface area contributed by atoms with Crippen LogP contribution < -0.4 is 15.5 Å². The number of H-pyrrole nitrogens is 2. The van der Waals surface area contributed by atoms with Gasteiger partial charge in [-0.25, -0.2) is 19.6 Å². The number of hydrogen-bond donors (Lipinski definition) is 4. The lowest BCUT2D eigenvalue weighted by Gasteiger charge is -2.34. The van der Waals surface area contributed by atoms with Crippen molar-refractivity contribution in [1.82, 2.24) is 40.4 Å². The van der Waals surface area contributed by atoms with Crippen LogP contribution in [0.5, 0.6) is 0 Å². The Morgan fingerprint density at radius 1 is 0.672 bits per heavy atom. The summed E-state index contributed by atoms with van der Waals surface area (Å²) >= 11 is 0. The highest BCUT2D eigenvalue weighted by atomic mass is 16.6. The zero-order valence-corrected chi connectivity index (χ0v) is 39.5. The summed E-state index contributed by atoms with van der Waals surface area (Å²) in [6.45, 7) is 10.3. The predicted octanol–water partition coefficient (Wildman–Crippen LogP) is 8.50. The molecule has 6 atom stereocenters. The van der Waals surface area contributed by atoms with Gasteiger partial charge in [-0.2, -0.15) is 0 Å². The largest absolute Gasteiger partial charge is 0.453 e. The van der Waals surface area contributed by atoms with Crippen LogP contribution in [0.3, 0.4) is 0 Å². The SMILES string of the molecule is CNC(=O)O[C@H](C(=O)N1CCC[C@H]1c1nc2ccc([C@H]3CC[C@H](c4ccc5nc([C@@H]6CCCN6C(=O)[C@@H](NC(=O)OC)C(C)C)[nH]c5c4)N3c3ccc(C4CCOCC4)cc3)cc2[nH]1)C(C)C. The Labute approximate surface area is 391 Å². The summed E-state index contributed by atoms with van der Waals surface area (Å²) in [5.74, 6) is 1.31. The Morgan fingerprint density at radius 3 is 1.72 bits per heavy atom. The highest BCUT2D eigenvalue weighted by Crippen LogP contribution is 2.48. The molecular weight excluding hydrogens is 851 g/mol. The number of aromatic amines is 2. The van der Waals surface area contributed by atoms with E-state index in [1.54, 1.807) is 0 Å². The number of methoxy groups -OCH3 is 1. The van der Waals surface area contributed by atoms with Crippen LogP contribution in [0.2, 0.25) is 0 Å². The van der Waals surface area contributed by atoms with E-state index < -0.39 is 24.3 Å². The van der Waals surface area contributed by atoms with Gasteiger partial charge in [0.05, 0.1) is 53.3 Å². The van der Waals surface area contributed by atoms with Crippen molar-refractivity contribution in [2.24, 2.45) is 11.8 Å². The first-order chi connectivity index (χ1) is 32.4. The van der Waals surface area contributed by atoms with E-state index in [1.165, 1.54) is 30.8 Å². The molecule has 4 N–H and O–H groups in total. The molecular formula is C51H65N9O7. The maximum atomic E-state index is 13.9. The van der Waals surface area contributed by atoms with E-state index in [0.717, 1.165) is 104 Å². The molecule has 4 aliphatic rings. The fourth-order valence-electron chi connectivity index (χ4n) is 10.9. The van der Waals surface area contributed by atoms with E-state index >= 15 is 0 Å². The quantitative estimate of drug-likeness (QED) is 0.0946. The number of carbonyl (C=O) groups is 4. The molecule has 0 bridgehead atoms. The maximum absolute atomic E-state index is 13.9. The topological polar surface area (TPSA) is 187 Å². The van der Waals surface area contributed by atoms with Crippen LogP contribution in [0.4, 0.5) is 15.3 Å². The van der Waals surface area contributed by atoms with Gasteiger partial charge < -0.3 is 49.5 Å². The van der Waals surface area contributed by atoms with E-state index in [4.69, 9.17) is 24.2 Å². The maximum Gasteiger partial charge on any atom is 0.407 e. The first kappa shape index (κ1) is 46.0. The normalized spacial score (nSPS) is 22.2. The molecule has 67 heavy (non-hydrogen) atoms. The van der Waals surface area contributed by atoms with Crippen molar-refractivity contribution in [2.75, 3.05) is 45.4 Å². The number of alkyl carbamates (subject to hydrolysis) is 2. The van der Waals surface area contributed by atoms with E-state index in [2.05, 4.69) is 86.2 Å². The third-order valence-electron chi connectivity index (χ3n) is 14.5. The first-order valence-electron chi connectivity index (χ1n) is 24.2. The van der Waals surface area contributed by atoms with Gasteiger partial charge in [-0.05, 0) is 122 Å². The zero-order valence-electron chi connectivity index (χ0n) is 39.5. The third-order valence-corrected chi connectivity index (χ3v) is 14.5. The van der Waals surface area contributed by atoms with Crippen LogP contribution >= 0.6 is 0 Å². The van der Waals surface area contributed by atoms with Crippen LogP contribution in [0.1, 0.15) is 137 Å².